The molecular weight excluding hydrogens is 248 g/mol. The van der Waals surface area contributed by atoms with Crippen LogP contribution in [0.4, 0.5) is 0 Å². The molecule has 0 spiro atoms. The standard InChI is InChI=1S/C13H23ClN4/c1-11(2)8-18-13(15-10-16-18)9-17-7-3-4-12(17)5-6-14/h10-12H,3-9H2,1-2H3. The molecule has 0 aromatic carbocycles. The maximum Gasteiger partial charge on any atom is 0.141 e. The van der Waals surface area contributed by atoms with Gasteiger partial charge in [0.25, 0.3) is 0 Å². The predicted molar refractivity (Wildman–Crippen MR) is 73.6 cm³/mol. The minimum absolute atomic E-state index is 0.600. The van der Waals surface area contributed by atoms with Gasteiger partial charge in [0.05, 0.1) is 6.54 Å². The fraction of sp³-hybridized carbons (Fsp3) is 0.846. The summed E-state index contributed by atoms with van der Waals surface area (Å²) in [6.45, 7) is 7.43. The summed E-state index contributed by atoms with van der Waals surface area (Å²) in [5.74, 6) is 2.44. The number of hydrogen-bond acceptors (Lipinski definition) is 3. The molecular formula is C13H23ClN4. The number of alkyl halides is 1. The zero-order chi connectivity index (χ0) is 13.0. The first-order chi connectivity index (χ1) is 8.70. The van der Waals surface area contributed by atoms with E-state index in [4.69, 9.17) is 11.6 Å². The van der Waals surface area contributed by atoms with Gasteiger partial charge < -0.3 is 0 Å². The number of nitrogens with zero attached hydrogens (tertiary/aromatic N) is 4. The fourth-order valence-electron chi connectivity index (χ4n) is 2.65. The predicted octanol–water partition coefficient (Wildman–Crippen LogP) is 2.53. The third-order valence-corrected chi connectivity index (χ3v) is 3.74. The molecule has 0 amide bonds. The van der Waals surface area contributed by atoms with Crippen molar-refractivity contribution in [3.8, 4) is 0 Å². The van der Waals surface area contributed by atoms with E-state index in [9.17, 15) is 0 Å². The van der Waals surface area contributed by atoms with Gasteiger partial charge in [-0.05, 0) is 31.7 Å². The van der Waals surface area contributed by atoms with Gasteiger partial charge in [-0.2, -0.15) is 5.10 Å². The SMILES string of the molecule is CC(C)Cn1ncnc1CN1CCCC1CCCl. The Bertz CT molecular complexity index is 364. The second-order valence-electron chi connectivity index (χ2n) is 5.50. The van der Waals surface area contributed by atoms with Gasteiger partial charge in [0.2, 0.25) is 0 Å². The van der Waals surface area contributed by atoms with Crippen molar-refractivity contribution in [3.05, 3.63) is 12.2 Å². The maximum atomic E-state index is 5.87. The number of halogens is 1. The molecule has 1 aliphatic rings. The number of rotatable bonds is 6. The molecule has 5 heteroatoms. The summed E-state index contributed by atoms with van der Waals surface area (Å²) in [5, 5.41) is 4.32. The Morgan fingerprint density at radius 1 is 1.50 bits per heavy atom. The third kappa shape index (κ3) is 3.45. The molecule has 0 saturated carbocycles. The lowest BCUT2D eigenvalue weighted by Crippen LogP contribution is -2.30. The van der Waals surface area contributed by atoms with Crippen molar-refractivity contribution in [1.82, 2.24) is 19.7 Å². The number of aromatic nitrogens is 3. The van der Waals surface area contributed by atoms with Crippen molar-refractivity contribution in [2.75, 3.05) is 12.4 Å². The molecule has 1 aliphatic heterocycles. The second-order valence-corrected chi connectivity index (χ2v) is 5.87. The van der Waals surface area contributed by atoms with E-state index in [1.54, 1.807) is 6.33 Å². The molecule has 0 bridgehead atoms. The molecule has 4 nitrogen and oxygen atoms in total. The van der Waals surface area contributed by atoms with E-state index in [0.29, 0.717) is 12.0 Å². The van der Waals surface area contributed by atoms with Crippen LogP contribution in [0.25, 0.3) is 0 Å². The van der Waals surface area contributed by atoms with Crippen LogP contribution in [0.1, 0.15) is 38.9 Å². The molecule has 18 heavy (non-hydrogen) atoms. The van der Waals surface area contributed by atoms with Crippen LogP contribution in [-0.4, -0.2) is 38.1 Å². The average Bonchev–Trinajstić information content (AvgIpc) is 2.91. The molecule has 0 aliphatic carbocycles. The molecule has 2 rings (SSSR count). The molecule has 0 N–H and O–H groups in total. The van der Waals surface area contributed by atoms with Gasteiger partial charge in [0, 0.05) is 18.5 Å². The van der Waals surface area contributed by atoms with Crippen molar-refractivity contribution in [3.63, 3.8) is 0 Å². The third-order valence-electron chi connectivity index (χ3n) is 3.52. The van der Waals surface area contributed by atoms with Crippen molar-refractivity contribution >= 4 is 11.6 Å². The molecule has 0 radical (unpaired) electrons. The summed E-state index contributed by atoms with van der Waals surface area (Å²) in [5.41, 5.74) is 0. The topological polar surface area (TPSA) is 34.0 Å². The number of likely N-dealkylation sites (tertiary alicyclic amines) is 1. The van der Waals surface area contributed by atoms with Gasteiger partial charge >= 0.3 is 0 Å². The summed E-state index contributed by atoms with van der Waals surface area (Å²) < 4.78 is 2.04. The molecule has 1 unspecified atom stereocenters. The van der Waals surface area contributed by atoms with Gasteiger partial charge in [-0.15, -0.1) is 11.6 Å². The van der Waals surface area contributed by atoms with E-state index in [-0.39, 0.29) is 0 Å². The lowest BCUT2D eigenvalue weighted by molar-refractivity contribution is 0.229. The van der Waals surface area contributed by atoms with Crippen molar-refractivity contribution in [2.45, 2.75) is 52.2 Å². The first-order valence-corrected chi connectivity index (χ1v) is 7.41. The summed E-state index contributed by atoms with van der Waals surface area (Å²) in [4.78, 5) is 6.91. The monoisotopic (exact) mass is 270 g/mol. The highest BCUT2D eigenvalue weighted by Gasteiger charge is 2.25. The lowest BCUT2D eigenvalue weighted by Gasteiger charge is -2.23. The highest BCUT2D eigenvalue weighted by Crippen LogP contribution is 2.22. The normalized spacial score (nSPS) is 21.0. The van der Waals surface area contributed by atoms with Gasteiger partial charge in [-0.3, -0.25) is 4.90 Å². The van der Waals surface area contributed by atoms with Crippen LogP contribution >= 0.6 is 11.6 Å². The highest BCUT2D eigenvalue weighted by molar-refractivity contribution is 6.17. The van der Waals surface area contributed by atoms with Gasteiger partial charge in [0.1, 0.15) is 12.2 Å². The largest absolute Gasteiger partial charge is 0.293 e. The molecule has 102 valence electrons. The Kier molecular flexibility index (Phi) is 5.01. The molecule has 1 fully saturated rings. The zero-order valence-electron chi connectivity index (χ0n) is 11.3. The first kappa shape index (κ1) is 13.8. The van der Waals surface area contributed by atoms with E-state index >= 15 is 0 Å². The highest BCUT2D eigenvalue weighted by atomic mass is 35.5. The Labute approximate surface area is 114 Å². The van der Waals surface area contributed by atoms with Crippen LogP contribution in [0.2, 0.25) is 0 Å². The van der Waals surface area contributed by atoms with Crippen LogP contribution in [0.5, 0.6) is 0 Å². The van der Waals surface area contributed by atoms with Crippen LogP contribution < -0.4 is 0 Å². The summed E-state index contributed by atoms with van der Waals surface area (Å²) in [6, 6.07) is 0.631. The Morgan fingerprint density at radius 3 is 3.06 bits per heavy atom. The van der Waals surface area contributed by atoms with Crippen molar-refractivity contribution in [2.24, 2.45) is 5.92 Å². The van der Waals surface area contributed by atoms with Crippen LogP contribution in [0.15, 0.2) is 6.33 Å². The van der Waals surface area contributed by atoms with E-state index in [2.05, 4.69) is 28.8 Å². The van der Waals surface area contributed by atoms with Crippen LogP contribution in [0.3, 0.4) is 0 Å². The fourth-order valence-corrected chi connectivity index (χ4v) is 2.90. The van der Waals surface area contributed by atoms with Crippen LogP contribution in [-0.2, 0) is 13.1 Å². The lowest BCUT2D eigenvalue weighted by atomic mass is 10.2. The van der Waals surface area contributed by atoms with Gasteiger partial charge in [-0.1, -0.05) is 13.8 Å². The molecule has 1 aromatic heterocycles. The second kappa shape index (κ2) is 6.53. The maximum absolute atomic E-state index is 5.87. The van der Waals surface area contributed by atoms with Gasteiger partial charge in [0.15, 0.2) is 0 Å². The Balaban J connectivity index is 1.98. The molecule has 2 heterocycles. The van der Waals surface area contributed by atoms with Crippen LogP contribution in [0, 0.1) is 5.92 Å². The number of hydrogen-bond donors (Lipinski definition) is 0. The zero-order valence-corrected chi connectivity index (χ0v) is 12.1. The molecule has 1 saturated heterocycles. The van der Waals surface area contributed by atoms with E-state index in [1.807, 2.05) is 4.68 Å². The Hall–Kier alpha value is -0.610. The smallest absolute Gasteiger partial charge is 0.141 e. The Morgan fingerprint density at radius 2 is 2.33 bits per heavy atom. The van der Waals surface area contributed by atoms with E-state index in [1.165, 1.54) is 12.8 Å². The minimum Gasteiger partial charge on any atom is -0.293 e. The molecule has 1 aromatic rings. The van der Waals surface area contributed by atoms with Crippen molar-refractivity contribution in [1.29, 1.82) is 0 Å². The summed E-state index contributed by atoms with van der Waals surface area (Å²) >= 11 is 5.87. The van der Waals surface area contributed by atoms with E-state index < -0.39 is 0 Å². The molecule has 1 atom stereocenters. The van der Waals surface area contributed by atoms with E-state index in [0.717, 1.165) is 37.8 Å². The van der Waals surface area contributed by atoms with Gasteiger partial charge in [-0.25, -0.2) is 9.67 Å². The quantitative estimate of drug-likeness (QED) is 0.745. The summed E-state index contributed by atoms with van der Waals surface area (Å²) in [6.07, 6.45) is 5.30. The van der Waals surface area contributed by atoms with Crippen molar-refractivity contribution < 1.29 is 0 Å². The minimum atomic E-state index is 0.600. The summed E-state index contributed by atoms with van der Waals surface area (Å²) in [7, 11) is 0. The average molecular weight is 271 g/mol. The first-order valence-electron chi connectivity index (χ1n) is 6.87.